The number of likely N-dealkylation sites (N-methyl/N-ethyl adjacent to an activating group) is 1. The lowest BCUT2D eigenvalue weighted by Crippen LogP contribution is -2.51. The lowest BCUT2D eigenvalue weighted by molar-refractivity contribution is 0.0967. The van der Waals surface area contributed by atoms with Gasteiger partial charge < -0.3 is 20.2 Å². The van der Waals surface area contributed by atoms with Crippen molar-refractivity contribution in [2.24, 2.45) is 0 Å². The molecular weight excluding hydrogens is 238 g/mol. The van der Waals surface area contributed by atoms with E-state index in [0.29, 0.717) is 12.1 Å². The number of aliphatic hydroxyl groups is 1. The summed E-state index contributed by atoms with van der Waals surface area (Å²) in [6.07, 6.45) is 2.18. The normalized spacial score (nSPS) is 25.7. The molecule has 0 aromatic heterocycles. The van der Waals surface area contributed by atoms with Crippen molar-refractivity contribution >= 4 is 0 Å². The van der Waals surface area contributed by atoms with Crippen LogP contribution in [0, 0.1) is 0 Å². The van der Waals surface area contributed by atoms with E-state index in [1.54, 1.807) is 0 Å². The molecule has 1 aliphatic heterocycles. The van der Waals surface area contributed by atoms with Crippen molar-refractivity contribution in [3.05, 3.63) is 0 Å². The highest BCUT2D eigenvalue weighted by atomic mass is 16.3. The van der Waals surface area contributed by atoms with Gasteiger partial charge in [-0.1, -0.05) is 13.8 Å². The van der Waals surface area contributed by atoms with Crippen molar-refractivity contribution < 1.29 is 5.11 Å². The molecule has 1 heterocycles. The van der Waals surface area contributed by atoms with Crippen LogP contribution in [0.3, 0.4) is 0 Å². The number of hydrogen-bond acceptors (Lipinski definition) is 4. The minimum atomic E-state index is -0.133. The van der Waals surface area contributed by atoms with E-state index in [4.69, 9.17) is 0 Å². The third kappa shape index (κ3) is 5.78. The van der Waals surface area contributed by atoms with Crippen LogP contribution in [0.4, 0.5) is 0 Å². The molecule has 0 saturated carbocycles. The summed E-state index contributed by atoms with van der Waals surface area (Å²) in [6, 6.07) is 1.08. The molecule has 114 valence electrons. The highest BCUT2D eigenvalue weighted by Gasteiger charge is 2.25. The van der Waals surface area contributed by atoms with E-state index >= 15 is 0 Å². The van der Waals surface area contributed by atoms with Crippen molar-refractivity contribution in [2.45, 2.75) is 58.2 Å². The van der Waals surface area contributed by atoms with Gasteiger partial charge in [0.15, 0.2) is 0 Å². The van der Waals surface area contributed by atoms with Gasteiger partial charge in [-0.3, -0.25) is 0 Å². The monoisotopic (exact) mass is 271 g/mol. The number of piperazine rings is 1. The first-order valence-electron chi connectivity index (χ1n) is 7.67. The van der Waals surface area contributed by atoms with Gasteiger partial charge in [-0.2, -0.15) is 0 Å². The Labute approximate surface area is 119 Å². The van der Waals surface area contributed by atoms with E-state index < -0.39 is 0 Å². The summed E-state index contributed by atoms with van der Waals surface area (Å²) >= 11 is 0. The third-order valence-electron chi connectivity index (χ3n) is 4.23. The molecule has 1 aliphatic rings. The molecule has 4 nitrogen and oxygen atoms in total. The quantitative estimate of drug-likeness (QED) is 0.729. The smallest absolute Gasteiger partial charge is 0.0610 e. The van der Waals surface area contributed by atoms with Gasteiger partial charge in [0.25, 0.3) is 0 Å². The Kier molecular flexibility index (Phi) is 6.74. The Morgan fingerprint density at radius 1 is 1.37 bits per heavy atom. The van der Waals surface area contributed by atoms with Crippen molar-refractivity contribution in [3.8, 4) is 0 Å². The zero-order chi connectivity index (χ0) is 14.5. The summed E-state index contributed by atoms with van der Waals surface area (Å²) in [5, 5.41) is 13.0. The fourth-order valence-corrected chi connectivity index (χ4v) is 2.91. The minimum Gasteiger partial charge on any atom is -0.394 e. The molecule has 19 heavy (non-hydrogen) atoms. The van der Waals surface area contributed by atoms with Crippen LogP contribution in [-0.4, -0.2) is 72.4 Å². The van der Waals surface area contributed by atoms with Crippen LogP contribution in [0.15, 0.2) is 0 Å². The lowest BCUT2D eigenvalue weighted by Gasteiger charge is -2.38. The Bertz CT molecular complexity index is 260. The molecule has 1 fully saturated rings. The number of rotatable bonds is 7. The summed E-state index contributed by atoms with van der Waals surface area (Å²) in [5.74, 6) is 0. The van der Waals surface area contributed by atoms with Crippen LogP contribution < -0.4 is 5.32 Å². The highest BCUT2D eigenvalue weighted by molar-refractivity contribution is 4.85. The third-order valence-corrected chi connectivity index (χ3v) is 4.23. The summed E-state index contributed by atoms with van der Waals surface area (Å²) in [7, 11) is 2.21. The maximum atomic E-state index is 9.57. The number of aliphatic hydroxyl groups excluding tert-OH is 1. The molecule has 2 N–H and O–H groups in total. The van der Waals surface area contributed by atoms with E-state index in [-0.39, 0.29) is 12.1 Å². The molecular formula is C15H33N3O. The zero-order valence-electron chi connectivity index (χ0n) is 13.4. The molecule has 4 heteroatoms. The zero-order valence-corrected chi connectivity index (χ0v) is 13.4. The second-order valence-electron chi connectivity index (χ2n) is 6.75. The molecule has 2 unspecified atom stereocenters. The van der Waals surface area contributed by atoms with Gasteiger partial charge in [-0.15, -0.1) is 0 Å². The topological polar surface area (TPSA) is 38.7 Å². The van der Waals surface area contributed by atoms with Gasteiger partial charge in [0.05, 0.1) is 6.61 Å². The maximum Gasteiger partial charge on any atom is 0.0610 e. The lowest BCUT2D eigenvalue weighted by atomic mass is 9.95. The van der Waals surface area contributed by atoms with E-state index in [0.717, 1.165) is 19.4 Å². The van der Waals surface area contributed by atoms with E-state index in [9.17, 15) is 5.11 Å². The van der Waals surface area contributed by atoms with Gasteiger partial charge in [-0.25, -0.2) is 0 Å². The van der Waals surface area contributed by atoms with Crippen LogP contribution in [0.5, 0.6) is 0 Å². The second-order valence-corrected chi connectivity index (χ2v) is 6.75. The summed E-state index contributed by atoms with van der Waals surface area (Å²) in [6.45, 7) is 13.6. The van der Waals surface area contributed by atoms with Crippen molar-refractivity contribution in [1.29, 1.82) is 0 Å². The molecule has 1 rings (SSSR count). The molecule has 0 spiro atoms. The molecule has 0 aromatic rings. The summed E-state index contributed by atoms with van der Waals surface area (Å²) < 4.78 is 0. The van der Waals surface area contributed by atoms with Crippen LogP contribution in [0.2, 0.25) is 0 Å². The second kappa shape index (κ2) is 7.58. The van der Waals surface area contributed by atoms with E-state index in [1.807, 2.05) is 0 Å². The van der Waals surface area contributed by atoms with Crippen LogP contribution in [-0.2, 0) is 0 Å². The van der Waals surface area contributed by atoms with Crippen LogP contribution in [0.25, 0.3) is 0 Å². The number of nitrogens with zero attached hydrogens (tertiary/aromatic N) is 2. The SMILES string of the molecule is CC(C)NC(C)(CO)CCCN1CCN(C)C(C)C1. The van der Waals surface area contributed by atoms with Gasteiger partial charge in [0.1, 0.15) is 0 Å². The minimum absolute atomic E-state index is 0.133. The van der Waals surface area contributed by atoms with Gasteiger partial charge >= 0.3 is 0 Å². The molecule has 0 radical (unpaired) electrons. The highest BCUT2D eigenvalue weighted by Crippen LogP contribution is 2.15. The first-order chi connectivity index (χ1) is 8.86. The van der Waals surface area contributed by atoms with Crippen LogP contribution in [0.1, 0.15) is 40.5 Å². The van der Waals surface area contributed by atoms with Gasteiger partial charge in [0.2, 0.25) is 0 Å². The Morgan fingerprint density at radius 2 is 2.05 bits per heavy atom. The fourth-order valence-electron chi connectivity index (χ4n) is 2.91. The Balaban J connectivity index is 2.29. The molecule has 2 atom stereocenters. The van der Waals surface area contributed by atoms with Crippen molar-refractivity contribution in [2.75, 3.05) is 39.8 Å². The van der Waals surface area contributed by atoms with Gasteiger partial charge in [0, 0.05) is 37.3 Å². The van der Waals surface area contributed by atoms with Crippen LogP contribution >= 0.6 is 0 Å². The van der Waals surface area contributed by atoms with Gasteiger partial charge in [-0.05, 0) is 40.3 Å². The number of hydrogen-bond donors (Lipinski definition) is 2. The molecule has 0 aromatic carbocycles. The van der Waals surface area contributed by atoms with Crippen molar-refractivity contribution in [3.63, 3.8) is 0 Å². The average molecular weight is 271 g/mol. The fraction of sp³-hybridized carbons (Fsp3) is 1.00. The average Bonchev–Trinajstić information content (AvgIpc) is 2.33. The molecule has 0 amide bonds. The predicted octanol–water partition coefficient (Wildman–Crippen LogP) is 1.15. The first kappa shape index (κ1) is 16.9. The molecule has 0 bridgehead atoms. The summed E-state index contributed by atoms with van der Waals surface area (Å²) in [5.41, 5.74) is -0.133. The number of nitrogens with one attached hydrogen (secondary N) is 1. The molecule has 0 aliphatic carbocycles. The molecule has 1 saturated heterocycles. The van der Waals surface area contributed by atoms with E-state index in [2.05, 4.69) is 49.9 Å². The van der Waals surface area contributed by atoms with Crippen molar-refractivity contribution in [1.82, 2.24) is 15.1 Å². The summed E-state index contributed by atoms with van der Waals surface area (Å²) in [4.78, 5) is 4.98. The Morgan fingerprint density at radius 3 is 2.58 bits per heavy atom. The largest absolute Gasteiger partial charge is 0.394 e. The van der Waals surface area contributed by atoms with E-state index in [1.165, 1.54) is 19.6 Å². The predicted molar refractivity (Wildman–Crippen MR) is 81.5 cm³/mol. The Hall–Kier alpha value is -0.160. The maximum absolute atomic E-state index is 9.57. The standard InChI is InChI=1S/C15H33N3O/c1-13(2)16-15(4,12-19)7-6-8-18-10-9-17(5)14(3)11-18/h13-14,16,19H,6-12H2,1-5H3. The first-order valence-corrected chi connectivity index (χ1v) is 7.67.